The van der Waals surface area contributed by atoms with Gasteiger partial charge in [-0.3, -0.25) is 0 Å². The lowest BCUT2D eigenvalue weighted by molar-refractivity contribution is 0.585. The van der Waals surface area contributed by atoms with Crippen LogP contribution in [0.1, 0.15) is 0 Å². The molecule has 0 saturated carbocycles. The van der Waals surface area contributed by atoms with Crippen molar-refractivity contribution in [2.45, 2.75) is 0 Å². The number of benzene rings is 1. The van der Waals surface area contributed by atoms with Crippen LogP contribution < -0.4 is 5.09 Å². The summed E-state index contributed by atoms with van der Waals surface area (Å²) in [6.45, 7) is 3.33. The molecular formula is C8H11ClNOP. The molecule has 0 fully saturated rings. The topological polar surface area (TPSA) is 29.1 Å². The van der Waals surface area contributed by atoms with E-state index in [-0.39, 0.29) is 0 Å². The van der Waals surface area contributed by atoms with Crippen LogP contribution in [-0.2, 0) is 4.57 Å². The summed E-state index contributed by atoms with van der Waals surface area (Å²) in [5.41, 5.74) is 0.729. The summed E-state index contributed by atoms with van der Waals surface area (Å²) in [5.74, 6) is 0. The Hall–Kier alpha value is -0.460. The molecule has 0 aliphatic carbocycles. The third kappa shape index (κ3) is 2.88. The summed E-state index contributed by atoms with van der Waals surface area (Å²) in [7, 11) is -2.25. The molecule has 0 atom stereocenters. The van der Waals surface area contributed by atoms with Gasteiger partial charge in [0.25, 0.3) is 0 Å². The van der Waals surface area contributed by atoms with Crippen LogP contribution in [0.3, 0.4) is 0 Å². The maximum atomic E-state index is 11.4. The van der Waals surface area contributed by atoms with Crippen LogP contribution in [0, 0.1) is 0 Å². The molecule has 12 heavy (non-hydrogen) atoms. The number of anilines is 1. The van der Waals surface area contributed by atoms with E-state index in [9.17, 15) is 4.57 Å². The summed E-state index contributed by atoms with van der Waals surface area (Å²) in [6.07, 6.45) is 0. The average molecular weight is 204 g/mol. The third-order valence-electron chi connectivity index (χ3n) is 1.26. The van der Waals surface area contributed by atoms with Gasteiger partial charge < -0.3 is 9.65 Å². The molecule has 1 aromatic carbocycles. The van der Waals surface area contributed by atoms with Crippen LogP contribution in [0.2, 0.25) is 5.02 Å². The predicted molar refractivity (Wildman–Crippen MR) is 54.5 cm³/mol. The van der Waals surface area contributed by atoms with Gasteiger partial charge in [0.2, 0.25) is 0 Å². The molecule has 0 aliphatic heterocycles. The molecule has 0 aromatic heterocycles. The molecule has 66 valence electrons. The van der Waals surface area contributed by atoms with Crippen LogP contribution in [0.25, 0.3) is 0 Å². The molecule has 2 nitrogen and oxygen atoms in total. The van der Waals surface area contributed by atoms with Gasteiger partial charge in [0, 0.05) is 13.3 Å². The van der Waals surface area contributed by atoms with Gasteiger partial charge in [-0.2, -0.15) is 0 Å². The van der Waals surface area contributed by atoms with Crippen molar-refractivity contribution >= 4 is 24.6 Å². The molecule has 1 N–H and O–H groups in total. The van der Waals surface area contributed by atoms with Crippen LogP contribution >= 0.6 is 18.9 Å². The van der Waals surface area contributed by atoms with E-state index in [0.29, 0.717) is 5.02 Å². The van der Waals surface area contributed by atoms with Crippen molar-refractivity contribution in [3.63, 3.8) is 0 Å². The Morgan fingerprint density at radius 2 is 1.92 bits per heavy atom. The first-order valence-electron chi connectivity index (χ1n) is 3.57. The molecule has 1 aromatic rings. The number of para-hydroxylation sites is 1. The normalized spacial score (nSPS) is 11.2. The monoisotopic (exact) mass is 203 g/mol. The van der Waals surface area contributed by atoms with Gasteiger partial charge in [0.1, 0.15) is 0 Å². The van der Waals surface area contributed by atoms with Crippen molar-refractivity contribution in [3.8, 4) is 0 Å². The minimum atomic E-state index is -2.25. The number of rotatable bonds is 2. The lowest BCUT2D eigenvalue weighted by Gasteiger charge is -2.11. The van der Waals surface area contributed by atoms with Gasteiger partial charge in [0.05, 0.1) is 10.7 Å². The number of hydrogen-bond acceptors (Lipinski definition) is 1. The molecule has 0 amide bonds. The van der Waals surface area contributed by atoms with Crippen LogP contribution in [-0.4, -0.2) is 13.3 Å². The maximum absolute atomic E-state index is 11.4. The van der Waals surface area contributed by atoms with Crippen molar-refractivity contribution in [3.05, 3.63) is 29.3 Å². The van der Waals surface area contributed by atoms with Gasteiger partial charge in [-0.15, -0.1) is 0 Å². The van der Waals surface area contributed by atoms with E-state index in [2.05, 4.69) is 5.09 Å². The van der Waals surface area contributed by atoms with E-state index >= 15 is 0 Å². The SMILES string of the molecule is CP(C)(=O)Nc1ccccc1Cl. The summed E-state index contributed by atoms with van der Waals surface area (Å²) in [4.78, 5) is 0. The van der Waals surface area contributed by atoms with Gasteiger partial charge in [-0.25, -0.2) is 0 Å². The second kappa shape index (κ2) is 3.51. The highest BCUT2D eigenvalue weighted by atomic mass is 35.5. The first-order valence-corrected chi connectivity index (χ1v) is 6.55. The van der Waals surface area contributed by atoms with E-state index in [1.54, 1.807) is 19.4 Å². The third-order valence-corrected chi connectivity index (χ3v) is 2.37. The Morgan fingerprint density at radius 3 is 2.42 bits per heavy atom. The quantitative estimate of drug-likeness (QED) is 0.748. The fraction of sp³-hybridized carbons (Fsp3) is 0.250. The minimum Gasteiger partial charge on any atom is -0.335 e. The number of nitrogens with one attached hydrogen (secondary N) is 1. The predicted octanol–water partition coefficient (Wildman–Crippen LogP) is 3.29. The molecule has 4 heteroatoms. The second-order valence-electron chi connectivity index (χ2n) is 2.94. The summed E-state index contributed by atoms with van der Waals surface area (Å²) in [5, 5.41) is 3.47. The molecule has 0 radical (unpaired) electrons. The van der Waals surface area contributed by atoms with E-state index in [0.717, 1.165) is 5.69 Å². The van der Waals surface area contributed by atoms with Gasteiger partial charge in [-0.05, 0) is 12.1 Å². The van der Waals surface area contributed by atoms with E-state index in [4.69, 9.17) is 11.6 Å². The zero-order valence-corrected chi connectivity index (χ0v) is 8.69. The molecule has 1 rings (SSSR count). The highest BCUT2D eigenvalue weighted by Crippen LogP contribution is 2.38. The van der Waals surface area contributed by atoms with Crippen LogP contribution in [0.15, 0.2) is 24.3 Å². The number of halogens is 1. The molecule has 0 aliphatic rings. The van der Waals surface area contributed by atoms with Crippen molar-refractivity contribution in [1.82, 2.24) is 0 Å². The fourth-order valence-corrected chi connectivity index (χ4v) is 1.87. The summed E-state index contributed by atoms with van der Waals surface area (Å²) >= 11 is 5.85. The Labute approximate surface area is 77.4 Å². The highest BCUT2D eigenvalue weighted by Gasteiger charge is 2.07. The lowest BCUT2D eigenvalue weighted by atomic mass is 10.3. The van der Waals surface area contributed by atoms with Crippen LogP contribution in [0.5, 0.6) is 0 Å². The molecule has 0 heterocycles. The highest BCUT2D eigenvalue weighted by molar-refractivity contribution is 7.63. The number of hydrogen-bond donors (Lipinski definition) is 1. The Balaban J connectivity index is 2.90. The van der Waals surface area contributed by atoms with Crippen molar-refractivity contribution in [1.29, 1.82) is 0 Å². The Bertz CT molecular complexity index is 321. The Morgan fingerprint density at radius 1 is 1.33 bits per heavy atom. The second-order valence-corrected chi connectivity index (χ2v) is 6.28. The first kappa shape index (κ1) is 9.63. The smallest absolute Gasteiger partial charge is 0.164 e. The molecule has 0 saturated heterocycles. The zero-order valence-electron chi connectivity index (χ0n) is 7.04. The minimum absolute atomic E-state index is 0.599. The lowest BCUT2D eigenvalue weighted by Crippen LogP contribution is -1.93. The van der Waals surface area contributed by atoms with Gasteiger partial charge in [-0.1, -0.05) is 23.7 Å². The molecule has 0 spiro atoms. The van der Waals surface area contributed by atoms with Crippen LogP contribution in [0.4, 0.5) is 5.69 Å². The Kier molecular flexibility index (Phi) is 2.81. The largest absolute Gasteiger partial charge is 0.335 e. The summed E-state index contributed by atoms with van der Waals surface area (Å²) < 4.78 is 11.4. The standard InChI is InChI=1S/C8H11ClNOP/c1-12(2,11)10-8-6-4-3-5-7(8)9/h3-6H,1-2H3,(H,10,11). The van der Waals surface area contributed by atoms with E-state index < -0.39 is 7.29 Å². The first-order chi connectivity index (χ1) is 5.49. The van der Waals surface area contributed by atoms with Crippen molar-refractivity contribution < 1.29 is 4.57 Å². The molecular weight excluding hydrogens is 193 g/mol. The van der Waals surface area contributed by atoms with E-state index in [1.807, 2.05) is 18.2 Å². The zero-order chi connectivity index (χ0) is 9.19. The van der Waals surface area contributed by atoms with Crippen molar-refractivity contribution in [2.75, 3.05) is 18.4 Å². The van der Waals surface area contributed by atoms with E-state index in [1.165, 1.54) is 0 Å². The molecule has 0 unspecified atom stereocenters. The average Bonchev–Trinajstić information content (AvgIpc) is 1.91. The summed E-state index contributed by atoms with van der Waals surface area (Å²) in [6, 6.07) is 7.26. The molecule has 0 bridgehead atoms. The maximum Gasteiger partial charge on any atom is 0.164 e. The fourth-order valence-electron chi connectivity index (χ4n) is 0.842. The van der Waals surface area contributed by atoms with Gasteiger partial charge >= 0.3 is 0 Å². The van der Waals surface area contributed by atoms with Gasteiger partial charge in [0.15, 0.2) is 7.29 Å². The van der Waals surface area contributed by atoms with Crippen molar-refractivity contribution in [2.24, 2.45) is 0 Å².